The predicted octanol–water partition coefficient (Wildman–Crippen LogP) is 5.56. The van der Waals surface area contributed by atoms with E-state index in [1.165, 1.54) is 19.3 Å². The molecule has 1 rings (SSSR count). The van der Waals surface area contributed by atoms with E-state index in [1.807, 2.05) is 41.5 Å². The smallest absolute Gasteiger partial charge is 0.228 e. The summed E-state index contributed by atoms with van der Waals surface area (Å²) in [5.74, 6) is -0.473. The van der Waals surface area contributed by atoms with Gasteiger partial charge in [0.15, 0.2) is 0 Å². The number of hydrogen-bond donors (Lipinski definition) is 0. The van der Waals surface area contributed by atoms with Crippen molar-refractivity contribution in [2.24, 2.45) is 5.92 Å². The Kier molecular flexibility index (Phi) is 7.31. The van der Waals surface area contributed by atoms with Crippen LogP contribution in [-0.2, 0) is 19.6 Å². The monoisotopic (exact) mass is 316 g/mol. The first-order valence-electron chi connectivity index (χ1n) is 8.82. The SMILES string of the molecule is CCCCC1CCCCC1(OOC(C)(C)C)OOC(C)(C)C. The average molecular weight is 316 g/mol. The van der Waals surface area contributed by atoms with Crippen LogP contribution in [0.25, 0.3) is 0 Å². The van der Waals surface area contributed by atoms with Crippen LogP contribution < -0.4 is 0 Å². The topological polar surface area (TPSA) is 36.9 Å². The summed E-state index contributed by atoms with van der Waals surface area (Å²) in [4.78, 5) is 23.1. The second-order valence-corrected chi connectivity index (χ2v) is 8.45. The largest absolute Gasteiger partial charge is 0.236 e. The van der Waals surface area contributed by atoms with Crippen molar-refractivity contribution in [1.82, 2.24) is 0 Å². The predicted molar refractivity (Wildman–Crippen MR) is 88.1 cm³/mol. The molecule has 0 aromatic rings. The van der Waals surface area contributed by atoms with Crippen molar-refractivity contribution in [3.8, 4) is 0 Å². The lowest BCUT2D eigenvalue weighted by molar-refractivity contribution is -0.556. The molecule has 0 radical (unpaired) electrons. The maximum atomic E-state index is 5.89. The van der Waals surface area contributed by atoms with Crippen LogP contribution in [0.5, 0.6) is 0 Å². The zero-order valence-electron chi connectivity index (χ0n) is 15.7. The van der Waals surface area contributed by atoms with E-state index in [0.717, 1.165) is 25.7 Å². The molecule has 0 amide bonds. The standard InChI is InChI=1S/C18H36O4/c1-8-9-12-15-13-10-11-14-18(15,21-19-16(2,3)4)22-20-17(5,6)7/h15H,8-14H2,1-7H3. The van der Waals surface area contributed by atoms with E-state index < -0.39 is 5.79 Å². The summed E-state index contributed by atoms with van der Waals surface area (Å²) in [5, 5.41) is 0. The molecule has 0 bridgehead atoms. The Morgan fingerprint density at radius 2 is 1.45 bits per heavy atom. The molecule has 0 spiro atoms. The Labute approximate surface area is 136 Å². The quantitative estimate of drug-likeness (QED) is 0.350. The third-order valence-corrected chi connectivity index (χ3v) is 3.72. The number of unbranched alkanes of at least 4 members (excludes halogenated alkanes) is 1. The minimum atomic E-state index is -0.784. The molecule has 22 heavy (non-hydrogen) atoms. The molecule has 0 aliphatic heterocycles. The van der Waals surface area contributed by atoms with Crippen molar-refractivity contribution in [1.29, 1.82) is 0 Å². The Balaban J connectivity index is 2.85. The van der Waals surface area contributed by atoms with Crippen molar-refractivity contribution < 1.29 is 19.6 Å². The van der Waals surface area contributed by atoms with Gasteiger partial charge in [-0.3, -0.25) is 0 Å². The summed E-state index contributed by atoms with van der Waals surface area (Å²) in [7, 11) is 0. The van der Waals surface area contributed by atoms with Crippen LogP contribution in [0.2, 0.25) is 0 Å². The molecule has 4 heteroatoms. The van der Waals surface area contributed by atoms with Crippen LogP contribution in [0.3, 0.4) is 0 Å². The van der Waals surface area contributed by atoms with Gasteiger partial charge in [0.1, 0.15) is 0 Å². The fourth-order valence-electron chi connectivity index (χ4n) is 2.63. The van der Waals surface area contributed by atoms with Crippen molar-refractivity contribution in [2.75, 3.05) is 0 Å². The molecule has 1 aliphatic rings. The number of hydrogen-bond acceptors (Lipinski definition) is 4. The molecule has 0 heterocycles. The van der Waals surface area contributed by atoms with Gasteiger partial charge < -0.3 is 0 Å². The zero-order valence-corrected chi connectivity index (χ0v) is 15.7. The summed E-state index contributed by atoms with van der Waals surface area (Å²) in [5.41, 5.74) is -0.740. The van der Waals surface area contributed by atoms with Gasteiger partial charge >= 0.3 is 0 Å². The first-order valence-corrected chi connectivity index (χ1v) is 8.82. The molecule has 1 fully saturated rings. The summed E-state index contributed by atoms with van der Waals surface area (Å²) < 4.78 is 0. The first kappa shape index (κ1) is 19.9. The van der Waals surface area contributed by atoms with Gasteiger partial charge in [0.25, 0.3) is 0 Å². The third kappa shape index (κ3) is 6.95. The van der Waals surface area contributed by atoms with Gasteiger partial charge in [-0.15, -0.1) is 0 Å². The fourth-order valence-corrected chi connectivity index (χ4v) is 2.63. The Morgan fingerprint density at radius 3 is 1.91 bits per heavy atom. The molecular weight excluding hydrogens is 280 g/mol. The zero-order chi connectivity index (χ0) is 16.9. The lowest BCUT2D eigenvalue weighted by Crippen LogP contribution is -2.48. The minimum Gasteiger partial charge on any atom is -0.228 e. The highest BCUT2D eigenvalue weighted by Crippen LogP contribution is 2.42. The summed E-state index contributed by atoms with van der Waals surface area (Å²) in [6.07, 6.45) is 7.63. The molecule has 132 valence electrons. The van der Waals surface area contributed by atoms with Crippen molar-refractivity contribution in [3.63, 3.8) is 0 Å². The van der Waals surface area contributed by atoms with E-state index in [-0.39, 0.29) is 11.2 Å². The van der Waals surface area contributed by atoms with Crippen molar-refractivity contribution in [2.45, 2.75) is 110 Å². The molecule has 1 aliphatic carbocycles. The molecule has 0 saturated heterocycles. The van der Waals surface area contributed by atoms with Gasteiger partial charge in [0.2, 0.25) is 5.79 Å². The number of rotatable bonds is 7. The highest BCUT2D eigenvalue weighted by atomic mass is 17.3. The van der Waals surface area contributed by atoms with Gasteiger partial charge in [-0.05, 0) is 60.8 Å². The Hall–Kier alpha value is -0.160. The molecule has 1 atom stereocenters. The lowest BCUT2D eigenvalue weighted by atomic mass is 9.80. The van der Waals surface area contributed by atoms with E-state index >= 15 is 0 Å². The Morgan fingerprint density at radius 1 is 0.909 bits per heavy atom. The summed E-state index contributed by atoms with van der Waals surface area (Å²) in [6, 6.07) is 0. The molecular formula is C18H36O4. The fraction of sp³-hybridized carbons (Fsp3) is 1.00. The maximum absolute atomic E-state index is 5.89. The normalized spacial score (nSPS) is 22.8. The summed E-state index contributed by atoms with van der Waals surface area (Å²) in [6.45, 7) is 14.1. The van der Waals surface area contributed by atoms with E-state index in [0.29, 0.717) is 5.92 Å². The van der Waals surface area contributed by atoms with Gasteiger partial charge in [-0.1, -0.05) is 26.2 Å². The third-order valence-electron chi connectivity index (χ3n) is 3.72. The second kappa shape index (κ2) is 8.09. The molecule has 0 aromatic carbocycles. The van der Waals surface area contributed by atoms with Gasteiger partial charge in [0, 0.05) is 12.3 Å². The molecule has 0 aromatic heterocycles. The van der Waals surface area contributed by atoms with Gasteiger partial charge in [-0.25, -0.2) is 9.78 Å². The van der Waals surface area contributed by atoms with Crippen LogP contribution in [-0.4, -0.2) is 17.0 Å². The van der Waals surface area contributed by atoms with Gasteiger partial charge in [-0.2, -0.15) is 9.78 Å². The van der Waals surface area contributed by atoms with E-state index in [4.69, 9.17) is 19.6 Å². The second-order valence-electron chi connectivity index (χ2n) is 8.45. The highest BCUT2D eigenvalue weighted by molar-refractivity contribution is 4.83. The maximum Gasteiger partial charge on any atom is 0.236 e. The van der Waals surface area contributed by atoms with Gasteiger partial charge in [0.05, 0.1) is 11.2 Å². The van der Waals surface area contributed by atoms with Crippen molar-refractivity contribution in [3.05, 3.63) is 0 Å². The average Bonchev–Trinajstić information content (AvgIpc) is 2.40. The highest BCUT2D eigenvalue weighted by Gasteiger charge is 2.47. The molecule has 1 unspecified atom stereocenters. The minimum absolute atomic E-state index is 0.311. The van der Waals surface area contributed by atoms with Crippen LogP contribution in [0, 0.1) is 5.92 Å². The van der Waals surface area contributed by atoms with E-state index in [2.05, 4.69) is 6.92 Å². The van der Waals surface area contributed by atoms with E-state index in [1.54, 1.807) is 0 Å². The lowest BCUT2D eigenvalue weighted by Gasteiger charge is -2.43. The summed E-state index contributed by atoms with van der Waals surface area (Å²) >= 11 is 0. The van der Waals surface area contributed by atoms with Crippen LogP contribution in [0.15, 0.2) is 0 Å². The molecule has 0 N–H and O–H groups in total. The van der Waals surface area contributed by atoms with Crippen LogP contribution in [0.1, 0.15) is 93.4 Å². The molecule has 4 nitrogen and oxygen atoms in total. The van der Waals surface area contributed by atoms with E-state index in [9.17, 15) is 0 Å². The van der Waals surface area contributed by atoms with Crippen molar-refractivity contribution >= 4 is 0 Å². The molecule has 1 saturated carbocycles. The van der Waals surface area contributed by atoms with Crippen LogP contribution in [0.4, 0.5) is 0 Å². The first-order chi connectivity index (χ1) is 10.1. The Bertz CT molecular complexity index is 296. The van der Waals surface area contributed by atoms with Crippen LogP contribution >= 0.6 is 0 Å².